The third kappa shape index (κ3) is 2.73. The van der Waals surface area contributed by atoms with E-state index in [-0.39, 0.29) is 11.4 Å². The van der Waals surface area contributed by atoms with Crippen molar-refractivity contribution in [1.82, 2.24) is 20.6 Å². The van der Waals surface area contributed by atoms with Gasteiger partial charge in [-0.2, -0.15) is 15.7 Å². The zero-order valence-corrected chi connectivity index (χ0v) is 10.0. The van der Waals surface area contributed by atoms with Crippen molar-refractivity contribution in [3.05, 3.63) is 41.4 Å². The smallest absolute Gasteiger partial charge is 0.216 e. The van der Waals surface area contributed by atoms with Crippen molar-refractivity contribution >= 4 is 11.3 Å². The zero-order valence-electron chi connectivity index (χ0n) is 10.0. The third-order valence-electron chi connectivity index (χ3n) is 2.45. The summed E-state index contributed by atoms with van der Waals surface area (Å²) in [6, 6.07) is 9.29. The van der Waals surface area contributed by atoms with Crippen LogP contribution >= 0.6 is 0 Å². The van der Waals surface area contributed by atoms with Gasteiger partial charge in [-0.3, -0.25) is 0 Å². The number of aromatic amines is 1. The number of aromatic nitrogens is 4. The van der Waals surface area contributed by atoms with Crippen molar-refractivity contribution < 1.29 is 0 Å². The van der Waals surface area contributed by atoms with E-state index in [0.29, 0.717) is 5.56 Å². The first-order chi connectivity index (χ1) is 9.24. The van der Waals surface area contributed by atoms with E-state index in [1.807, 2.05) is 19.1 Å². The van der Waals surface area contributed by atoms with Crippen LogP contribution in [-0.2, 0) is 0 Å². The molecule has 7 nitrogen and oxygen atoms in total. The summed E-state index contributed by atoms with van der Waals surface area (Å²) in [5.74, 6) is 0.212. The Kier molecular flexibility index (Phi) is 3.51. The second-order valence-electron chi connectivity index (χ2n) is 3.69. The predicted molar refractivity (Wildman–Crippen MR) is 67.3 cm³/mol. The molecule has 0 bridgehead atoms. The Morgan fingerprint density at radius 3 is 2.89 bits per heavy atom. The number of nitrogens with zero attached hydrogens (tertiary/aromatic N) is 5. The van der Waals surface area contributed by atoms with Crippen LogP contribution in [-0.4, -0.2) is 20.6 Å². The highest BCUT2D eigenvalue weighted by Gasteiger charge is 2.06. The van der Waals surface area contributed by atoms with Gasteiger partial charge in [0.25, 0.3) is 0 Å². The Hall–Kier alpha value is -3.19. The van der Waals surface area contributed by atoms with Crippen LogP contribution in [0.3, 0.4) is 0 Å². The highest BCUT2D eigenvalue weighted by Crippen LogP contribution is 2.17. The average molecular weight is 251 g/mol. The number of H-pyrrole nitrogens is 1. The molecule has 0 amide bonds. The Bertz CT molecular complexity index is 686. The summed E-state index contributed by atoms with van der Waals surface area (Å²) in [5.41, 5.74) is 2.49. The summed E-state index contributed by atoms with van der Waals surface area (Å²) >= 11 is 0. The van der Waals surface area contributed by atoms with Gasteiger partial charge < -0.3 is 5.32 Å². The van der Waals surface area contributed by atoms with Crippen LogP contribution in [0.4, 0.5) is 5.69 Å². The van der Waals surface area contributed by atoms with Crippen LogP contribution in [0.25, 0.3) is 5.57 Å². The van der Waals surface area contributed by atoms with Crippen LogP contribution in [0.5, 0.6) is 0 Å². The lowest BCUT2D eigenvalue weighted by Gasteiger charge is -2.05. The molecule has 0 saturated heterocycles. The van der Waals surface area contributed by atoms with Gasteiger partial charge in [-0.15, -0.1) is 10.2 Å². The maximum absolute atomic E-state index is 9.01. The molecule has 0 saturated carbocycles. The minimum absolute atomic E-state index is 0.212. The molecule has 0 radical (unpaired) electrons. The van der Waals surface area contributed by atoms with Crippen LogP contribution < -0.4 is 5.32 Å². The number of allylic oxidation sites excluding steroid dienone is 1. The molecule has 2 N–H and O–H groups in total. The number of nitrogens with one attached hydrogen (secondary N) is 2. The number of tetrazole rings is 1. The predicted octanol–water partition coefficient (Wildman–Crippen LogP) is 1.36. The zero-order chi connectivity index (χ0) is 13.7. The Morgan fingerprint density at radius 1 is 1.42 bits per heavy atom. The molecule has 19 heavy (non-hydrogen) atoms. The van der Waals surface area contributed by atoms with Crippen LogP contribution in [0.15, 0.2) is 24.4 Å². The van der Waals surface area contributed by atoms with Gasteiger partial charge in [0.2, 0.25) is 5.82 Å². The van der Waals surface area contributed by atoms with Crippen molar-refractivity contribution in [3.8, 4) is 12.1 Å². The van der Waals surface area contributed by atoms with Crippen molar-refractivity contribution in [2.24, 2.45) is 0 Å². The summed E-state index contributed by atoms with van der Waals surface area (Å²) in [5, 5.41) is 34.0. The summed E-state index contributed by atoms with van der Waals surface area (Å²) in [7, 11) is 0. The second-order valence-corrected chi connectivity index (χ2v) is 3.69. The van der Waals surface area contributed by atoms with Gasteiger partial charge in [-0.1, -0.05) is 6.07 Å². The average Bonchev–Trinajstić information content (AvgIpc) is 2.95. The summed E-state index contributed by atoms with van der Waals surface area (Å²) in [6.45, 7) is 1.90. The van der Waals surface area contributed by atoms with E-state index in [1.165, 1.54) is 6.20 Å². The number of nitriles is 2. The second kappa shape index (κ2) is 5.43. The molecular weight excluding hydrogens is 242 g/mol. The largest absolute Gasteiger partial charge is 0.360 e. The van der Waals surface area contributed by atoms with Crippen molar-refractivity contribution in [3.63, 3.8) is 0 Å². The molecular formula is C12H9N7. The minimum Gasteiger partial charge on any atom is -0.360 e. The number of aryl methyl sites for hydroxylation is 1. The van der Waals surface area contributed by atoms with Gasteiger partial charge in [0.15, 0.2) is 0 Å². The third-order valence-corrected chi connectivity index (χ3v) is 2.45. The number of hydrogen-bond acceptors (Lipinski definition) is 6. The standard InChI is InChI=1S/C12H9N7/c1-8-2-3-9(5-13)4-11(8)15-7-10(6-14)12-16-18-19-17-12/h2-4,7,15H,1H3,(H,16,17,18,19). The fourth-order valence-electron chi connectivity index (χ4n) is 1.42. The topological polar surface area (TPSA) is 114 Å². The Labute approximate surface area is 109 Å². The van der Waals surface area contributed by atoms with Crippen LogP contribution in [0, 0.1) is 29.6 Å². The molecule has 1 heterocycles. The molecule has 2 rings (SSSR count). The van der Waals surface area contributed by atoms with E-state index in [4.69, 9.17) is 10.5 Å². The summed E-state index contributed by atoms with van der Waals surface area (Å²) < 4.78 is 0. The maximum Gasteiger partial charge on any atom is 0.216 e. The van der Waals surface area contributed by atoms with E-state index >= 15 is 0 Å². The molecule has 0 aliphatic carbocycles. The van der Waals surface area contributed by atoms with E-state index in [0.717, 1.165) is 11.3 Å². The van der Waals surface area contributed by atoms with Gasteiger partial charge >= 0.3 is 0 Å². The van der Waals surface area contributed by atoms with Crippen molar-refractivity contribution in [1.29, 1.82) is 10.5 Å². The quantitative estimate of drug-likeness (QED) is 0.796. The van der Waals surface area contributed by atoms with Gasteiger partial charge in [-0.25, -0.2) is 0 Å². The highest BCUT2D eigenvalue weighted by atomic mass is 15.5. The van der Waals surface area contributed by atoms with Gasteiger partial charge in [-0.05, 0) is 29.8 Å². The van der Waals surface area contributed by atoms with E-state index < -0.39 is 0 Å². The highest BCUT2D eigenvalue weighted by molar-refractivity contribution is 5.74. The van der Waals surface area contributed by atoms with E-state index in [9.17, 15) is 0 Å². The Balaban J connectivity index is 2.27. The minimum atomic E-state index is 0.212. The molecule has 2 aromatic rings. The van der Waals surface area contributed by atoms with Crippen LogP contribution in [0.2, 0.25) is 0 Å². The fourth-order valence-corrected chi connectivity index (χ4v) is 1.42. The molecule has 0 unspecified atom stereocenters. The molecule has 0 spiro atoms. The molecule has 0 aliphatic rings. The van der Waals surface area contributed by atoms with Crippen molar-refractivity contribution in [2.45, 2.75) is 6.92 Å². The lowest BCUT2D eigenvalue weighted by Crippen LogP contribution is -1.95. The number of anilines is 1. The first kappa shape index (κ1) is 12.3. The number of benzene rings is 1. The van der Waals surface area contributed by atoms with E-state index in [2.05, 4.69) is 32.0 Å². The lowest BCUT2D eigenvalue weighted by molar-refractivity contribution is 0.881. The molecule has 0 aliphatic heterocycles. The molecule has 92 valence electrons. The molecule has 0 atom stereocenters. The normalized spacial score (nSPS) is 10.6. The van der Waals surface area contributed by atoms with Gasteiger partial charge in [0.05, 0.1) is 11.6 Å². The van der Waals surface area contributed by atoms with E-state index in [1.54, 1.807) is 12.1 Å². The molecule has 7 heteroatoms. The SMILES string of the molecule is Cc1ccc(C#N)cc1NC=C(C#N)c1nn[nH]n1. The van der Waals surface area contributed by atoms with Crippen molar-refractivity contribution in [2.75, 3.05) is 5.32 Å². The first-order valence-electron chi connectivity index (χ1n) is 5.36. The van der Waals surface area contributed by atoms with Gasteiger partial charge in [0.1, 0.15) is 11.6 Å². The fraction of sp³-hybridized carbons (Fsp3) is 0.0833. The number of hydrogen-bond donors (Lipinski definition) is 2. The first-order valence-corrected chi connectivity index (χ1v) is 5.36. The Morgan fingerprint density at radius 2 is 2.26 bits per heavy atom. The summed E-state index contributed by atoms with van der Waals surface area (Å²) in [6.07, 6.45) is 1.48. The monoisotopic (exact) mass is 251 g/mol. The van der Waals surface area contributed by atoms with Gasteiger partial charge in [0, 0.05) is 11.9 Å². The maximum atomic E-state index is 9.01. The summed E-state index contributed by atoms with van der Waals surface area (Å²) in [4.78, 5) is 0. The lowest BCUT2D eigenvalue weighted by atomic mass is 10.1. The number of rotatable bonds is 3. The van der Waals surface area contributed by atoms with Crippen LogP contribution in [0.1, 0.15) is 17.0 Å². The molecule has 1 aromatic carbocycles. The molecule has 1 aromatic heterocycles. The molecule has 0 fully saturated rings.